The van der Waals surface area contributed by atoms with Crippen LogP contribution in [0.4, 0.5) is 4.79 Å². The fourth-order valence-corrected chi connectivity index (χ4v) is 3.15. The maximum absolute atomic E-state index is 12.4. The molecule has 0 aliphatic carbocycles. The molecule has 0 saturated carbocycles. The Morgan fingerprint density at radius 3 is 2.63 bits per heavy atom. The summed E-state index contributed by atoms with van der Waals surface area (Å²) >= 11 is 11.5. The van der Waals surface area contributed by atoms with Crippen molar-refractivity contribution in [1.29, 1.82) is 0 Å². The minimum absolute atomic E-state index is 0.137. The fraction of sp³-hybridized carbons (Fsp3) is 0.389. The van der Waals surface area contributed by atoms with Crippen LogP contribution in [0.5, 0.6) is 0 Å². The quantitative estimate of drug-likeness (QED) is 0.556. The van der Waals surface area contributed by atoms with Gasteiger partial charge < -0.3 is 14.4 Å². The van der Waals surface area contributed by atoms with Crippen molar-refractivity contribution in [1.82, 2.24) is 14.7 Å². The standard InChI is InChI=1S/C18H19Cl2N3O4/c1-2-26-17(24)16-14-11-22(18(25)27-10-8-19)9-7-15(14)23(21-16)13-5-3-12(20)4-6-13/h3-6H,2,7-11H2,1H3. The van der Waals surface area contributed by atoms with Crippen molar-refractivity contribution in [3.8, 4) is 5.69 Å². The molecule has 7 nitrogen and oxygen atoms in total. The van der Waals surface area contributed by atoms with Gasteiger partial charge in [-0.05, 0) is 31.2 Å². The second-order valence-electron chi connectivity index (χ2n) is 5.86. The average molecular weight is 412 g/mol. The molecule has 1 aliphatic heterocycles. The van der Waals surface area contributed by atoms with Crippen LogP contribution in [0.15, 0.2) is 24.3 Å². The Balaban J connectivity index is 1.97. The molecule has 144 valence electrons. The van der Waals surface area contributed by atoms with E-state index < -0.39 is 12.1 Å². The van der Waals surface area contributed by atoms with Gasteiger partial charge in [-0.1, -0.05) is 11.6 Å². The van der Waals surface area contributed by atoms with Crippen molar-refractivity contribution in [2.45, 2.75) is 19.9 Å². The molecule has 0 N–H and O–H groups in total. The monoisotopic (exact) mass is 411 g/mol. The summed E-state index contributed by atoms with van der Waals surface area (Å²) in [7, 11) is 0. The maximum atomic E-state index is 12.4. The van der Waals surface area contributed by atoms with Crippen molar-refractivity contribution in [3.05, 3.63) is 46.2 Å². The molecule has 1 aliphatic rings. The first kappa shape index (κ1) is 19.5. The van der Waals surface area contributed by atoms with Gasteiger partial charge in [0.25, 0.3) is 0 Å². The molecule has 0 unspecified atom stereocenters. The third-order valence-electron chi connectivity index (χ3n) is 4.16. The van der Waals surface area contributed by atoms with Gasteiger partial charge in [-0.15, -0.1) is 11.6 Å². The van der Waals surface area contributed by atoms with Crippen LogP contribution in [0.1, 0.15) is 28.7 Å². The molecule has 2 aromatic rings. The van der Waals surface area contributed by atoms with Gasteiger partial charge in [0, 0.05) is 23.6 Å². The van der Waals surface area contributed by atoms with Crippen molar-refractivity contribution in [2.24, 2.45) is 0 Å². The molecule has 0 saturated heterocycles. The number of fused-ring (bicyclic) bond motifs is 1. The van der Waals surface area contributed by atoms with Crippen LogP contribution in [0, 0.1) is 0 Å². The van der Waals surface area contributed by atoms with Crippen molar-refractivity contribution in [2.75, 3.05) is 25.6 Å². The van der Waals surface area contributed by atoms with Crippen LogP contribution in [-0.2, 0) is 22.4 Å². The highest BCUT2D eigenvalue weighted by Gasteiger charge is 2.31. The van der Waals surface area contributed by atoms with Crippen molar-refractivity contribution in [3.63, 3.8) is 0 Å². The Bertz CT molecular complexity index is 836. The second-order valence-corrected chi connectivity index (χ2v) is 6.67. The smallest absolute Gasteiger partial charge is 0.410 e. The van der Waals surface area contributed by atoms with E-state index in [4.69, 9.17) is 32.7 Å². The molecule has 1 aromatic carbocycles. The van der Waals surface area contributed by atoms with Gasteiger partial charge >= 0.3 is 12.1 Å². The Kier molecular flexibility index (Phi) is 6.23. The van der Waals surface area contributed by atoms with E-state index in [1.807, 2.05) is 12.1 Å². The van der Waals surface area contributed by atoms with Crippen LogP contribution < -0.4 is 0 Å². The molecule has 3 rings (SSSR count). The van der Waals surface area contributed by atoms with Gasteiger partial charge in [0.05, 0.1) is 30.4 Å². The molecular formula is C18H19Cl2N3O4. The molecule has 0 atom stereocenters. The zero-order valence-electron chi connectivity index (χ0n) is 14.8. The Labute approximate surface area is 166 Å². The average Bonchev–Trinajstić information content (AvgIpc) is 3.06. The van der Waals surface area contributed by atoms with Gasteiger partial charge in [0.1, 0.15) is 6.61 Å². The van der Waals surface area contributed by atoms with E-state index in [1.165, 1.54) is 4.90 Å². The predicted molar refractivity (Wildman–Crippen MR) is 101 cm³/mol. The predicted octanol–water partition coefficient (Wildman–Crippen LogP) is 3.44. The normalized spacial score (nSPS) is 13.2. The molecule has 0 spiro atoms. The van der Waals surface area contributed by atoms with Gasteiger partial charge in [0.2, 0.25) is 0 Å². The molecular weight excluding hydrogens is 393 g/mol. The lowest BCUT2D eigenvalue weighted by molar-refractivity contribution is 0.0514. The summed E-state index contributed by atoms with van der Waals surface area (Å²) in [6.45, 7) is 2.78. The highest BCUT2D eigenvalue weighted by atomic mass is 35.5. The number of alkyl halides is 1. The highest BCUT2D eigenvalue weighted by molar-refractivity contribution is 6.30. The lowest BCUT2D eigenvalue weighted by Gasteiger charge is -2.27. The number of nitrogens with zero attached hydrogens (tertiary/aromatic N) is 3. The minimum atomic E-state index is -0.516. The number of hydrogen-bond acceptors (Lipinski definition) is 5. The topological polar surface area (TPSA) is 73.7 Å². The summed E-state index contributed by atoms with van der Waals surface area (Å²) in [5.74, 6) is -0.287. The number of carbonyl (C=O) groups is 2. The maximum Gasteiger partial charge on any atom is 0.410 e. The lowest BCUT2D eigenvalue weighted by atomic mass is 10.1. The molecule has 1 amide bonds. The summed E-state index contributed by atoms with van der Waals surface area (Å²) in [4.78, 5) is 26.1. The number of carbonyl (C=O) groups excluding carboxylic acids is 2. The van der Waals surface area contributed by atoms with Gasteiger partial charge in [-0.2, -0.15) is 5.10 Å². The Hall–Kier alpha value is -2.25. The number of amides is 1. The number of aromatic nitrogens is 2. The number of esters is 1. The second kappa shape index (κ2) is 8.63. The fourth-order valence-electron chi connectivity index (χ4n) is 2.95. The largest absolute Gasteiger partial charge is 0.461 e. The van der Waals surface area contributed by atoms with E-state index in [0.29, 0.717) is 23.6 Å². The summed E-state index contributed by atoms with van der Waals surface area (Å²) in [5, 5.41) is 5.08. The van der Waals surface area contributed by atoms with Crippen LogP contribution in [0.2, 0.25) is 5.02 Å². The SMILES string of the molecule is CCOC(=O)c1nn(-c2ccc(Cl)cc2)c2c1CN(C(=O)OCCCl)CC2. The summed E-state index contributed by atoms with van der Waals surface area (Å²) in [6.07, 6.45) is 0.0655. The summed E-state index contributed by atoms with van der Waals surface area (Å²) in [5.41, 5.74) is 2.51. The zero-order valence-corrected chi connectivity index (χ0v) is 16.3. The minimum Gasteiger partial charge on any atom is -0.461 e. The summed E-state index contributed by atoms with van der Waals surface area (Å²) < 4.78 is 11.9. The molecule has 0 fully saturated rings. The van der Waals surface area contributed by atoms with Gasteiger partial charge in [0.15, 0.2) is 5.69 Å². The molecule has 9 heteroatoms. The molecule has 27 heavy (non-hydrogen) atoms. The van der Waals surface area contributed by atoms with E-state index in [2.05, 4.69) is 5.10 Å². The van der Waals surface area contributed by atoms with Gasteiger partial charge in [-0.25, -0.2) is 14.3 Å². The highest BCUT2D eigenvalue weighted by Crippen LogP contribution is 2.27. The Morgan fingerprint density at radius 2 is 1.96 bits per heavy atom. The van der Waals surface area contributed by atoms with E-state index >= 15 is 0 Å². The van der Waals surface area contributed by atoms with E-state index in [0.717, 1.165) is 11.4 Å². The molecule has 0 radical (unpaired) electrons. The van der Waals surface area contributed by atoms with Crippen LogP contribution >= 0.6 is 23.2 Å². The first-order valence-electron chi connectivity index (χ1n) is 8.56. The lowest BCUT2D eigenvalue weighted by Crippen LogP contribution is -2.37. The van der Waals surface area contributed by atoms with Crippen molar-refractivity contribution >= 4 is 35.3 Å². The Morgan fingerprint density at radius 1 is 1.22 bits per heavy atom. The third-order valence-corrected chi connectivity index (χ3v) is 4.56. The molecule has 1 aromatic heterocycles. The molecule has 0 bridgehead atoms. The molecule has 2 heterocycles. The number of hydrogen-bond donors (Lipinski definition) is 0. The van der Waals surface area contributed by atoms with Crippen molar-refractivity contribution < 1.29 is 19.1 Å². The zero-order chi connectivity index (χ0) is 19.4. The number of rotatable bonds is 5. The third kappa shape index (κ3) is 4.20. The van der Waals surface area contributed by atoms with Gasteiger partial charge in [-0.3, -0.25) is 0 Å². The summed E-state index contributed by atoms with van der Waals surface area (Å²) in [6, 6.07) is 7.17. The van der Waals surface area contributed by atoms with Crippen LogP contribution in [0.3, 0.4) is 0 Å². The number of ether oxygens (including phenoxy) is 2. The first-order chi connectivity index (χ1) is 13.0. The van der Waals surface area contributed by atoms with Crippen LogP contribution in [0.25, 0.3) is 5.69 Å². The van der Waals surface area contributed by atoms with E-state index in [9.17, 15) is 9.59 Å². The van der Waals surface area contributed by atoms with E-state index in [1.54, 1.807) is 23.7 Å². The number of benzene rings is 1. The number of halogens is 2. The van der Waals surface area contributed by atoms with E-state index in [-0.39, 0.29) is 31.3 Å². The van der Waals surface area contributed by atoms with Crippen LogP contribution in [-0.4, -0.2) is 52.4 Å². The first-order valence-corrected chi connectivity index (χ1v) is 9.48.